The van der Waals surface area contributed by atoms with Gasteiger partial charge in [0.1, 0.15) is 25.0 Å². The lowest BCUT2D eigenvalue weighted by Gasteiger charge is -2.19. The van der Waals surface area contributed by atoms with Crippen LogP contribution in [0, 0.1) is 12.3 Å². The van der Waals surface area contributed by atoms with Crippen LogP contribution in [0.2, 0.25) is 0 Å². The smallest absolute Gasteiger partial charge is 0.258 e. The van der Waals surface area contributed by atoms with Crippen LogP contribution in [0.1, 0.15) is 15.9 Å². The van der Waals surface area contributed by atoms with Gasteiger partial charge in [-0.15, -0.1) is 6.42 Å². The van der Waals surface area contributed by atoms with Crippen LogP contribution in [-0.4, -0.2) is 34.3 Å². The Kier molecular flexibility index (Phi) is 5.30. The van der Waals surface area contributed by atoms with E-state index in [-0.39, 0.29) is 12.5 Å². The Morgan fingerprint density at radius 1 is 1.23 bits per heavy atom. The maximum atomic E-state index is 13.0. The fourth-order valence-electron chi connectivity index (χ4n) is 2.54. The molecule has 26 heavy (non-hydrogen) atoms. The van der Waals surface area contributed by atoms with Crippen LogP contribution >= 0.6 is 0 Å². The van der Waals surface area contributed by atoms with Gasteiger partial charge in [-0.3, -0.25) is 4.79 Å². The number of nitrogens with zero attached hydrogens (tertiary/aromatic N) is 4. The van der Waals surface area contributed by atoms with E-state index >= 15 is 0 Å². The SMILES string of the molecule is C#CCOc1ccc(N(C)C(=O)c2ccccc2Cn2cncn2)cc1. The predicted molar refractivity (Wildman–Crippen MR) is 99.1 cm³/mol. The van der Waals surface area contributed by atoms with Crippen molar-refractivity contribution in [2.45, 2.75) is 6.54 Å². The van der Waals surface area contributed by atoms with Gasteiger partial charge in [0.15, 0.2) is 0 Å². The molecule has 6 nitrogen and oxygen atoms in total. The molecule has 0 N–H and O–H groups in total. The molecule has 3 aromatic rings. The Bertz CT molecular complexity index is 912. The number of terminal acetylenes is 1. The minimum absolute atomic E-state index is 0.0991. The fraction of sp³-hybridized carbons (Fsp3) is 0.150. The molecule has 0 bridgehead atoms. The van der Waals surface area contributed by atoms with Crippen LogP contribution in [0.5, 0.6) is 5.75 Å². The van der Waals surface area contributed by atoms with Crippen molar-refractivity contribution in [3.05, 3.63) is 72.3 Å². The predicted octanol–water partition coefficient (Wildman–Crippen LogP) is 2.62. The first-order valence-electron chi connectivity index (χ1n) is 8.03. The zero-order valence-corrected chi connectivity index (χ0v) is 14.4. The molecule has 0 aliphatic carbocycles. The average Bonchev–Trinajstić information content (AvgIpc) is 3.19. The second-order valence-corrected chi connectivity index (χ2v) is 5.60. The van der Waals surface area contributed by atoms with Gasteiger partial charge in [-0.1, -0.05) is 24.1 Å². The Balaban J connectivity index is 1.79. The first kappa shape index (κ1) is 17.2. The Hall–Kier alpha value is -3.59. The van der Waals surface area contributed by atoms with E-state index in [1.165, 1.54) is 6.33 Å². The Labute approximate surface area is 152 Å². The standard InChI is InChI=1S/C20H18N4O2/c1-3-12-26-18-10-8-17(9-11-18)23(2)20(25)19-7-5-4-6-16(19)13-24-15-21-14-22-24/h1,4-11,14-15H,12-13H2,2H3. The number of anilines is 1. The van der Waals surface area contributed by atoms with E-state index in [4.69, 9.17) is 11.2 Å². The third kappa shape index (κ3) is 3.90. The van der Waals surface area contributed by atoms with Crippen LogP contribution in [0.4, 0.5) is 5.69 Å². The van der Waals surface area contributed by atoms with Crippen LogP contribution in [0.25, 0.3) is 0 Å². The lowest BCUT2D eigenvalue weighted by Crippen LogP contribution is -2.27. The molecule has 0 unspecified atom stereocenters. The molecule has 0 radical (unpaired) electrons. The van der Waals surface area contributed by atoms with Crippen LogP contribution in [-0.2, 0) is 6.54 Å². The van der Waals surface area contributed by atoms with E-state index in [0.717, 1.165) is 11.3 Å². The Morgan fingerprint density at radius 3 is 2.69 bits per heavy atom. The first-order valence-corrected chi connectivity index (χ1v) is 8.03. The van der Waals surface area contributed by atoms with E-state index in [1.807, 2.05) is 36.4 Å². The molecule has 0 spiro atoms. The van der Waals surface area contributed by atoms with Gasteiger partial charge in [0.2, 0.25) is 0 Å². The summed E-state index contributed by atoms with van der Waals surface area (Å²) in [5, 5.41) is 4.10. The highest BCUT2D eigenvalue weighted by molar-refractivity contribution is 6.06. The van der Waals surface area contributed by atoms with Crippen molar-refractivity contribution in [3.8, 4) is 18.1 Å². The minimum atomic E-state index is -0.0991. The minimum Gasteiger partial charge on any atom is -0.481 e. The van der Waals surface area contributed by atoms with Crippen LogP contribution in [0.15, 0.2) is 61.2 Å². The maximum Gasteiger partial charge on any atom is 0.258 e. The second-order valence-electron chi connectivity index (χ2n) is 5.60. The molecular weight excluding hydrogens is 328 g/mol. The molecule has 0 saturated heterocycles. The molecule has 0 atom stereocenters. The molecule has 6 heteroatoms. The molecule has 1 aromatic heterocycles. The molecule has 1 amide bonds. The van der Waals surface area contributed by atoms with E-state index in [9.17, 15) is 4.79 Å². The number of hydrogen-bond acceptors (Lipinski definition) is 4. The monoisotopic (exact) mass is 346 g/mol. The molecule has 2 aromatic carbocycles. The van der Waals surface area contributed by atoms with Gasteiger partial charge in [0, 0.05) is 18.3 Å². The summed E-state index contributed by atoms with van der Waals surface area (Å²) < 4.78 is 7.04. The van der Waals surface area contributed by atoms with Crippen molar-refractivity contribution >= 4 is 11.6 Å². The molecule has 0 fully saturated rings. The molecule has 3 rings (SSSR count). The molecule has 0 saturated carbocycles. The Morgan fingerprint density at radius 2 is 2.00 bits per heavy atom. The number of carbonyl (C=O) groups is 1. The topological polar surface area (TPSA) is 60.2 Å². The van der Waals surface area contributed by atoms with E-state index in [0.29, 0.717) is 17.9 Å². The molecule has 1 heterocycles. The summed E-state index contributed by atoms with van der Waals surface area (Å²) in [5.41, 5.74) is 2.26. The molecular formula is C20H18N4O2. The van der Waals surface area contributed by atoms with Crippen molar-refractivity contribution < 1.29 is 9.53 Å². The lowest BCUT2D eigenvalue weighted by atomic mass is 10.1. The van der Waals surface area contributed by atoms with Crippen molar-refractivity contribution in [2.24, 2.45) is 0 Å². The lowest BCUT2D eigenvalue weighted by molar-refractivity contribution is 0.0992. The third-order valence-corrected chi connectivity index (χ3v) is 3.90. The van der Waals surface area contributed by atoms with Gasteiger partial charge in [-0.2, -0.15) is 5.10 Å². The number of rotatable bonds is 6. The van der Waals surface area contributed by atoms with Crippen molar-refractivity contribution in [3.63, 3.8) is 0 Å². The second kappa shape index (κ2) is 7.99. The number of amides is 1. The normalized spacial score (nSPS) is 10.2. The van der Waals surface area contributed by atoms with Crippen LogP contribution < -0.4 is 9.64 Å². The number of ether oxygens (including phenoxy) is 1. The van der Waals surface area contributed by atoms with E-state index in [2.05, 4.69) is 16.0 Å². The molecule has 0 aliphatic rings. The highest BCUT2D eigenvalue weighted by Gasteiger charge is 2.17. The summed E-state index contributed by atoms with van der Waals surface area (Å²) in [6, 6.07) is 14.7. The van der Waals surface area contributed by atoms with Gasteiger partial charge >= 0.3 is 0 Å². The maximum absolute atomic E-state index is 13.0. The van der Waals surface area contributed by atoms with Gasteiger partial charge in [-0.25, -0.2) is 9.67 Å². The summed E-state index contributed by atoms with van der Waals surface area (Å²) in [5.74, 6) is 2.99. The van der Waals surface area contributed by atoms with Gasteiger partial charge in [0.25, 0.3) is 5.91 Å². The number of carbonyl (C=O) groups excluding carboxylic acids is 1. The van der Waals surface area contributed by atoms with Gasteiger partial charge in [-0.05, 0) is 35.9 Å². The highest BCUT2D eigenvalue weighted by atomic mass is 16.5. The van der Waals surface area contributed by atoms with Crippen molar-refractivity contribution in [2.75, 3.05) is 18.6 Å². The largest absolute Gasteiger partial charge is 0.481 e. The highest BCUT2D eigenvalue weighted by Crippen LogP contribution is 2.21. The number of aromatic nitrogens is 3. The van der Waals surface area contributed by atoms with E-state index < -0.39 is 0 Å². The van der Waals surface area contributed by atoms with E-state index in [1.54, 1.807) is 35.1 Å². The number of benzene rings is 2. The zero-order valence-electron chi connectivity index (χ0n) is 14.4. The average molecular weight is 346 g/mol. The molecule has 130 valence electrons. The quantitative estimate of drug-likeness (QED) is 0.644. The molecule has 0 aliphatic heterocycles. The summed E-state index contributed by atoms with van der Waals surface area (Å²) in [6.45, 7) is 0.693. The summed E-state index contributed by atoms with van der Waals surface area (Å²) >= 11 is 0. The van der Waals surface area contributed by atoms with Gasteiger partial charge < -0.3 is 9.64 Å². The third-order valence-electron chi connectivity index (χ3n) is 3.90. The van der Waals surface area contributed by atoms with Crippen LogP contribution in [0.3, 0.4) is 0 Å². The fourth-order valence-corrected chi connectivity index (χ4v) is 2.54. The van der Waals surface area contributed by atoms with Crippen molar-refractivity contribution in [1.82, 2.24) is 14.8 Å². The summed E-state index contributed by atoms with van der Waals surface area (Å²) in [6.07, 6.45) is 8.28. The van der Waals surface area contributed by atoms with Gasteiger partial charge in [0.05, 0.1) is 6.54 Å². The summed E-state index contributed by atoms with van der Waals surface area (Å²) in [7, 11) is 1.74. The number of hydrogen-bond donors (Lipinski definition) is 0. The zero-order chi connectivity index (χ0) is 18.4. The first-order chi connectivity index (χ1) is 12.7. The van der Waals surface area contributed by atoms with Crippen molar-refractivity contribution in [1.29, 1.82) is 0 Å². The summed E-state index contributed by atoms with van der Waals surface area (Å²) in [4.78, 5) is 18.5.